The predicted molar refractivity (Wildman–Crippen MR) is 66.7 cm³/mol. The number of hydrazine groups is 1. The monoisotopic (exact) mass is 296 g/mol. The van der Waals surface area contributed by atoms with Crippen molar-refractivity contribution < 1.29 is 0 Å². The summed E-state index contributed by atoms with van der Waals surface area (Å²) in [6.45, 7) is 0. The van der Waals surface area contributed by atoms with Crippen LogP contribution in [0.3, 0.4) is 0 Å². The number of rotatable bonds is 4. The van der Waals surface area contributed by atoms with E-state index in [0.717, 1.165) is 11.4 Å². The maximum absolute atomic E-state index is 5.58. The van der Waals surface area contributed by atoms with Crippen LogP contribution in [0.25, 0.3) is 0 Å². The molecule has 0 aliphatic rings. The molecule has 90 valence electrons. The van der Waals surface area contributed by atoms with E-state index in [4.69, 9.17) is 5.84 Å². The standard InChI is InChI=1S/C10H13BrN6/c1-17-9(10(11)15-16-17)8(14-12)6-7-4-2-3-5-13-7/h2-5,8,14H,6,12H2,1H3. The van der Waals surface area contributed by atoms with Gasteiger partial charge in [-0.25, -0.2) is 4.68 Å². The van der Waals surface area contributed by atoms with E-state index >= 15 is 0 Å². The molecular weight excluding hydrogens is 284 g/mol. The Kier molecular flexibility index (Phi) is 3.82. The van der Waals surface area contributed by atoms with E-state index in [2.05, 4.69) is 36.7 Å². The van der Waals surface area contributed by atoms with Crippen LogP contribution in [0.15, 0.2) is 29.0 Å². The highest BCUT2D eigenvalue weighted by atomic mass is 79.9. The summed E-state index contributed by atoms with van der Waals surface area (Å²) in [5, 5.41) is 7.87. The first-order valence-corrected chi connectivity index (χ1v) is 5.92. The first-order chi connectivity index (χ1) is 8.22. The van der Waals surface area contributed by atoms with Crippen molar-refractivity contribution in [2.75, 3.05) is 0 Å². The molecule has 2 heterocycles. The maximum atomic E-state index is 5.58. The summed E-state index contributed by atoms with van der Waals surface area (Å²) < 4.78 is 2.39. The van der Waals surface area contributed by atoms with E-state index < -0.39 is 0 Å². The van der Waals surface area contributed by atoms with Crippen molar-refractivity contribution in [2.24, 2.45) is 12.9 Å². The molecule has 1 atom stereocenters. The lowest BCUT2D eigenvalue weighted by molar-refractivity contribution is 0.501. The van der Waals surface area contributed by atoms with Crippen LogP contribution in [0.1, 0.15) is 17.4 Å². The molecule has 0 aliphatic heterocycles. The average molecular weight is 297 g/mol. The molecule has 0 spiro atoms. The average Bonchev–Trinajstić information content (AvgIpc) is 2.68. The normalized spacial score (nSPS) is 12.6. The quantitative estimate of drug-likeness (QED) is 0.642. The van der Waals surface area contributed by atoms with Crippen LogP contribution in [-0.2, 0) is 13.5 Å². The highest BCUT2D eigenvalue weighted by molar-refractivity contribution is 9.10. The summed E-state index contributed by atoms with van der Waals surface area (Å²) in [6, 6.07) is 5.71. The Balaban J connectivity index is 2.23. The van der Waals surface area contributed by atoms with Crippen LogP contribution in [0, 0.1) is 0 Å². The minimum Gasteiger partial charge on any atom is -0.271 e. The number of nitrogens with two attached hydrogens (primary N) is 1. The zero-order valence-corrected chi connectivity index (χ0v) is 10.9. The van der Waals surface area contributed by atoms with Crippen molar-refractivity contribution >= 4 is 15.9 Å². The molecule has 0 fully saturated rings. The van der Waals surface area contributed by atoms with Gasteiger partial charge in [0, 0.05) is 25.4 Å². The Bertz CT molecular complexity index is 463. The second-order valence-corrected chi connectivity index (χ2v) is 4.38. The number of pyridine rings is 1. The van der Waals surface area contributed by atoms with Crippen molar-refractivity contribution in [3.05, 3.63) is 40.4 Å². The van der Waals surface area contributed by atoms with Gasteiger partial charge in [-0.2, -0.15) is 0 Å². The molecule has 7 heteroatoms. The van der Waals surface area contributed by atoms with Crippen molar-refractivity contribution in [3.63, 3.8) is 0 Å². The van der Waals surface area contributed by atoms with Crippen LogP contribution >= 0.6 is 15.9 Å². The number of halogens is 1. The third-order valence-corrected chi connectivity index (χ3v) is 3.06. The molecule has 0 aliphatic carbocycles. The summed E-state index contributed by atoms with van der Waals surface area (Å²) in [5.41, 5.74) is 4.63. The molecule has 1 unspecified atom stereocenters. The van der Waals surface area contributed by atoms with Crippen molar-refractivity contribution in [1.82, 2.24) is 25.4 Å². The van der Waals surface area contributed by atoms with Crippen molar-refractivity contribution in [3.8, 4) is 0 Å². The largest absolute Gasteiger partial charge is 0.271 e. The second kappa shape index (κ2) is 5.35. The summed E-state index contributed by atoms with van der Waals surface area (Å²) in [5.74, 6) is 5.58. The molecule has 2 aromatic heterocycles. The Labute approximate surface area is 107 Å². The van der Waals surface area contributed by atoms with Gasteiger partial charge in [0.25, 0.3) is 0 Å². The van der Waals surface area contributed by atoms with Gasteiger partial charge in [-0.05, 0) is 28.1 Å². The molecule has 0 saturated carbocycles. The van der Waals surface area contributed by atoms with Crippen molar-refractivity contribution in [2.45, 2.75) is 12.5 Å². The summed E-state index contributed by atoms with van der Waals surface area (Å²) in [6.07, 6.45) is 2.44. The van der Waals surface area contributed by atoms with E-state index in [-0.39, 0.29) is 6.04 Å². The van der Waals surface area contributed by atoms with Gasteiger partial charge in [-0.1, -0.05) is 11.3 Å². The molecule has 3 N–H and O–H groups in total. The van der Waals surface area contributed by atoms with Gasteiger partial charge in [0.1, 0.15) is 0 Å². The van der Waals surface area contributed by atoms with Gasteiger partial charge in [-0.3, -0.25) is 16.3 Å². The fourth-order valence-corrected chi connectivity index (χ4v) is 2.27. The third-order valence-electron chi connectivity index (χ3n) is 2.50. The van der Waals surface area contributed by atoms with Gasteiger partial charge in [0.15, 0.2) is 4.60 Å². The van der Waals surface area contributed by atoms with E-state index in [9.17, 15) is 0 Å². The fraction of sp³-hybridized carbons (Fsp3) is 0.300. The van der Waals surface area contributed by atoms with Gasteiger partial charge >= 0.3 is 0 Å². The molecule has 0 radical (unpaired) electrons. The zero-order valence-electron chi connectivity index (χ0n) is 9.34. The van der Waals surface area contributed by atoms with E-state index in [1.807, 2.05) is 25.2 Å². The minimum absolute atomic E-state index is 0.0840. The lowest BCUT2D eigenvalue weighted by Crippen LogP contribution is -2.31. The summed E-state index contributed by atoms with van der Waals surface area (Å²) >= 11 is 3.36. The zero-order chi connectivity index (χ0) is 12.3. The SMILES string of the molecule is Cn1nnc(Br)c1C(Cc1ccccn1)NN. The Morgan fingerprint density at radius 1 is 1.53 bits per heavy atom. The molecule has 0 bridgehead atoms. The van der Waals surface area contributed by atoms with E-state index in [1.54, 1.807) is 10.9 Å². The Morgan fingerprint density at radius 3 is 2.88 bits per heavy atom. The number of aryl methyl sites for hydroxylation is 1. The van der Waals surface area contributed by atoms with Gasteiger partial charge in [0.05, 0.1) is 11.7 Å². The van der Waals surface area contributed by atoms with Crippen LogP contribution < -0.4 is 11.3 Å². The van der Waals surface area contributed by atoms with Crippen LogP contribution in [0.5, 0.6) is 0 Å². The van der Waals surface area contributed by atoms with Gasteiger partial charge < -0.3 is 0 Å². The van der Waals surface area contributed by atoms with Crippen LogP contribution in [0.4, 0.5) is 0 Å². The fourth-order valence-electron chi connectivity index (χ4n) is 1.67. The van der Waals surface area contributed by atoms with Crippen molar-refractivity contribution in [1.29, 1.82) is 0 Å². The predicted octanol–water partition coefficient (Wildman–Crippen LogP) is 0.720. The lowest BCUT2D eigenvalue weighted by Gasteiger charge is -2.15. The van der Waals surface area contributed by atoms with E-state index in [0.29, 0.717) is 11.0 Å². The summed E-state index contributed by atoms with van der Waals surface area (Å²) in [7, 11) is 1.83. The molecule has 0 saturated heterocycles. The maximum Gasteiger partial charge on any atom is 0.153 e. The summed E-state index contributed by atoms with van der Waals surface area (Å²) in [4.78, 5) is 4.27. The highest BCUT2D eigenvalue weighted by Gasteiger charge is 2.19. The molecule has 2 rings (SSSR count). The number of nitrogens with one attached hydrogen (secondary N) is 1. The number of nitrogens with zero attached hydrogens (tertiary/aromatic N) is 4. The minimum atomic E-state index is -0.0840. The van der Waals surface area contributed by atoms with Crippen LogP contribution in [-0.4, -0.2) is 20.0 Å². The molecular formula is C10H13BrN6. The molecule has 17 heavy (non-hydrogen) atoms. The molecule has 0 aromatic carbocycles. The first-order valence-electron chi connectivity index (χ1n) is 5.13. The van der Waals surface area contributed by atoms with Crippen LogP contribution in [0.2, 0.25) is 0 Å². The van der Waals surface area contributed by atoms with Gasteiger partial charge in [0.2, 0.25) is 0 Å². The second-order valence-electron chi connectivity index (χ2n) is 3.63. The molecule has 6 nitrogen and oxygen atoms in total. The third kappa shape index (κ3) is 2.68. The Morgan fingerprint density at radius 2 is 2.35 bits per heavy atom. The number of hydrogen-bond acceptors (Lipinski definition) is 5. The Hall–Kier alpha value is -1.31. The lowest BCUT2D eigenvalue weighted by atomic mass is 10.1. The van der Waals surface area contributed by atoms with E-state index in [1.165, 1.54) is 0 Å². The topological polar surface area (TPSA) is 81.7 Å². The smallest absolute Gasteiger partial charge is 0.153 e. The molecule has 2 aromatic rings. The van der Waals surface area contributed by atoms with Gasteiger partial charge in [-0.15, -0.1) is 5.10 Å². The number of aromatic nitrogens is 4. The number of hydrogen-bond donors (Lipinski definition) is 2. The highest BCUT2D eigenvalue weighted by Crippen LogP contribution is 2.22. The first kappa shape index (κ1) is 12.2. The molecule has 0 amide bonds.